The molecule has 0 aromatic heterocycles. The van der Waals surface area contributed by atoms with E-state index in [1.807, 2.05) is 0 Å². The van der Waals surface area contributed by atoms with Crippen LogP contribution < -0.4 is 0 Å². The first-order valence-corrected chi connectivity index (χ1v) is 12.4. The molecule has 4 aliphatic carbocycles. The van der Waals surface area contributed by atoms with Crippen LogP contribution in [-0.2, 0) is 9.59 Å². The monoisotopic (exact) mass is 402 g/mol. The Balaban J connectivity index is 1.67. The summed E-state index contributed by atoms with van der Waals surface area (Å²) in [4.78, 5) is 25.3. The Bertz CT molecular complexity index is 671. The smallest absolute Gasteiger partial charge is 0.303 e. The minimum absolute atomic E-state index is 0.148. The lowest BCUT2D eigenvalue weighted by atomic mass is 9.41. The van der Waals surface area contributed by atoms with Crippen LogP contribution in [0.2, 0.25) is 0 Å². The highest BCUT2D eigenvalue weighted by Gasteiger charge is 2.64. The first kappa shape index (κ1) is 21.4. The normalized spacial score (nSPS) is 50.4. The first-order chi connectivity index (χ1) is 13.6. The van der Waals surface area contributed by atoms with Gasteiger partial charge < -0.3 is 5.11 Å². The number of hydrogen-bond acceptors (Lipinski definition) is 2. The Kier molecular flexibility index (Phi) is 5.44. The van der Waals surface area contributed by atoms with Crippen molar-refractivity contribution in [2.45, 2.75) is 92.4 Å². The van der Waals surface area contributed by atoms with Crippen LogP contribution in [0.4, 0.5) is 0 Å². The highest BCUT2D eigenvalue weighted by molar-refractivity contribution is 5.86. The number of rotatable bonds is 4. The second-order valence-electron chi connectivity index (χ2n) is 12.0. The van der Waals surface area contributed by atoms with Crippen LogP contribution in [0.15, 0.2) is 0 Å². The van der Waals surface area contributed by atoms with Gasteiger partial charge in [-0.2, -0.15) is 0 Å². The van der Waals surface area contributed by atoms with Crippen molar-refractivity contribution in [1.82, 2.24) is 0 Å². The molecule has 0 radical (unpaired) electrons. The van der Waals surface area contributed by atoms with Gasteiger partial charge in [0.1, 0.15) is 5.78 Å². The maximum atomic E-state index is 13.9. The van der Waals surface area contributed by atoms with Gasteiger partial charge in [0, 0.05) is 18.3 Å². The average molecular weight is 403 g/mol. The summed E-state index contributed by atoms with van der Waals surface area (Å²) in [7, 11) is 0. The van der Waals surface area contributed by atoms with E-state index in [1.54, 1.807) is 0 Å². The predicted molar refractivity (Wildman–Crippen MR) is 115 cm³/mol. The molecule has 0 heterocycles. The highest BCUT2D eigenvalue weighted by atomic mass is 16.4. The van der Waals surface area contributed by atoms with E-state index in [1.165, 1.54) is 32.1 Å². The maximum Gasteiger partial charge on any atom is 0.303 e. The minimum Gasteiger partial charge on any atom is -0.481 e. The van der Waals surface area contributed by atoms with Gasteiger partial charge in [0.25, 0.3) is 0 Å². The van der Waals surface area contributed by atoms with Crippen molar-refractivity contribution in [2.75, 3.05) is 0 Å². The number of carbonyl (C=O) groups excluding carboxylic acids is 1. The summed E-state index contributed by atoms with van der Waals surface area (Å²) in [5, 5.41) is 9.35. The van der Waals surface area contributed by atoms with Crippen molar-refractivity contribution in [1.29, 1.82) is 0 Å². The van der Waals surface area contributed by atoms with Crippen LogP contribution in [0, 0.1) is 58.2 Å². The molecule has 4 fully saturated rings. The van der Waals surface area contributed by atoms with E-state index < -0.39 is 5.97 Å². The molecule has 4 aliphatic rings. The molecule has 29 heavy (non-hydrogen) atoms. The molecule has 164 valence electrons. The van der Waals surface area contributed by atoms with Crippen LogP contribution in [0.5, 0.6) is 0 Å². The molecule has 0 bridgehead atoms. The number of carboxylic acid groups (broad SMARTS) is 1. The van der Waals surface area contributed by atoms with Gasteiger partial charge in [-0.1, -0.05) is 41.0 Å². The van der Waals surface area contributed by atoms with Gasteiger partial charge in [0.05, 0.1) is 0 Å². The number of Topliss-reactive ketones (excluding diaryl/α,β-unsaturated/α-hetero) is 1. The Morgan fingerprint density at radius 1 is 1.07 bits per heavy atom. The van der Waals surface area contributed by atoms with E-state index in [2.05, 4.69) is 34.6 Å². The maximum absolute atomic E-state index is 13.9. The van der Waals surface area contributed by atoms with Gasteiger partial charge in [-0.25, -0.2) is 0 Å². The molecule has 0 aromatic carbocycles. The van der Waals surface area contributed by atoms with Crippen LogP contribution in [0.3, 0.4) is 0 Å². The summed E-state index contributed by atoms with van der Waals surface area (Å²) in [6, 6.07) is 0. The van der Waals surface area contributed by atoms with Gasteiger partial charge in [0.15, 0.2) is 0 Å². The van der Waals surface area contributed by atoms with Gasteiger partial charge in [-0.3, -0.25) is 9.59 Å². The quantitative estimate of drug-likeness (QED) is 0.608. The molecule has 0 saturated heterocycles. The van der Waals surface area contributed by atoms with Crippen LogP contribution >= 0.6 is 0 Å². The third-order valence-corrected chi connectivity index (χ3v) is 10.7. The summed E-state index contributed by atoms with van der Waals surface area (Å²) in [5.74, 6) is 3.43. The summed E-state index contributed by atoms with van der Waals surface area (Å²) in [5.41, 5.74) is 0.479. The first-order valence-electron chi connectivity index (χ1n) is 12.4. The topological polar surface area (TPSA) is 54.4 Å². The molecule has 0 aromatic rings. The van der Waals surface area contributed by atoms with Crippen LogP contribution in [0.1, 0.15) is 92.4 Å². The lowest BCUT2D eigenvalue weighted by Crippen LogP contribution is -2.60. The van der Waals surface area contributed by atoms with Crippen molar-refractivity contribution >= 4 is 11.8 Å². The van der Waals surface area contributed by atoms with Gasteiger partial charge >= 0.3 is 5.97 Å². The molecule has 2 unspecified atom stereocenters. The summed E-state index contributed by atoms with van der Waals surface area (Å²) >= 11 is 0. The van der Waals surface area contributed by atoms with Crippen LogP contribution in [-0.4, -0.2) is 16.9 Å². The van der Waals surface area contributed by atoms with Crippen molar-refractivity contribution in [3.8, 4) is 0 Å². The fourth-order valence-electron chi connectivity index (χ4n) is 9.25. The number of aliphatic carboxylic acids is 1. The van der Waals surface area contributed by atoms with Gasteiger partial charge in [0.2, 0.25) is 0 Å². The summed E-state index contributed by atoms with van der Waals surface area (Å²) < 4.78 is 0. The van der Waals surface area contributed by atoms with E-state index in [4.69, 9.17) is 0 Å². The standard InChI is InChI=1S/C26H42O3/c1-6-17-21-13-15(2)9-11-26(21,5)20-10-12-25(4)18(16(3)14-22(27)28)7-8-19(25)23(20)24(17)29/h15-21,23H,6-14H2,1-5H3,(H,27,28)/t15-,16-,17-,18-,19?,20?,21+,23+,25-,26-/m1/s1. The largest absolute Gasteiger partial charge is 0.481 e. The van der Waals surface area contributed by atoms with Crippen molar-refractivity contribution in [2.24, 2.45) is 58.2 Å². The summed E-state index contributed by atoms with van der Waals surface area (Å²) in [6.07, 6.45) is 9.73. The predicted octanol–water partition coefficient (Wildman–Crippen LogP) is 6.21. The molecule has 0 amide bonds. The number of fused-ring (bicyclic) bond motifs is 5. The lowest BCUT2D eigenvalue weighted by Gasteiger charge is -2.62. The molecule has 4 saturated carbocycles. The third-order valence-electron chi connectivity index (χ3n) is 10.7. The second kappa shape index (κ2) is 7.38. The van der Waals surface area contributed by atoms with E-state index >= 15 is 0 Å². The minimum atomic E-state index is -0.676. The SMILES string of the molecule is CC[C@H]1C(=O)[C@H]2C3CC[C@H]([C@H](C)CC(=O)O)[C@@]3(C)CCC2[C@@]2(C)CC[C@@H](C)C[C@@H]12. The average Bonchev–Trinajstić information content (AvgIpc) is 3.00. The Morgan fingerprint density at radius 3 is 2.38 bits per heavy atom. The van der Waals surface area contributed by atoms with E-state index in [0.29, 0.717) is 34.9 Å². The molecule has 0 aliphatic heterocycles. The lowest BCUT2D eigenvalue weighted by molar-refractivity contribution is -0.170. The second-order valence-corrected chi connectivity index (χ2v) is 12.0. The fraction of sp³-hybridized carbons (Fsp3) is 0.923. The van der Waals surface area contributed by atoms with Crippen LogP contribution in [0.25, 0.3) is 0 Å². The van der Waals surface area contributed by atoms with E-state index in [0.717, 1.165) is 25.2 Å². The number of ketones is 1. The molecule has 3 heteroatoms. The van der Waals surface area contributed by atoms with Gasteiger partial charge in [-0.05, 0) is 91.3 Å². The Hall–Kier alpha value is -0.860. The van der Waals surface area contributed by atoms with Crippen molar-refractivity contribution < 1.29 is 14.7 Å². The molecule has 4 rings (SSSR count). The molecule has 0 spiro atoms. The summed E-state index contributed by atoms with van der Waals surface area (Å²) in [6.45, 7) is 11.7. The van der Waals surface area contributed by atoms with E-state index in [-0.39, 0.29) is 29.6 Å². The van der Waals surface area contributed by atoms with Crippen molar-refractivity contribution in [3.05, 3.63) is 0 Å². The third kappa shape index (κ3) is 3.12. The number of carboxylic acids is 1. The fourth-order valence-corrected chi connectivity index (χ4v) is 9.25. The zero-order valence-electron chi connectivity index (χ0n) is 19.2. The molecular weight excluding hydrogens is 360 g/mol. The van der Waals surface area contributed by atoms with E-state index in [9.17, 15) is 14.7 Å². The zero-order valence-corrected chi connectivity index (χ0v) is 19.2. The molecule has 3 nitrogen and oxygen atoms in total. The zero-order chi connectivity index (χ0) is 21.1. The highest BCUT2D eigenvalue weighted by Crippen LogP contribution is 2.69. The Labute approximate surface area is 177 Å². The Morgan fingerprint density at radius 2 is 1.72 bits per heavy atom. The van der Waals surface area contributed by atoms with Gasteiger partial charge in [-0.15, -0.1) is 0 Å². The van der Waals surface area contributed by atoms with Crippen molar-refractivity contribution in [3.63, 3.8) is 0 Å². The molecule has 1 N–H and O–H groups in total. The molecule has 10 atom stereocenters. The molecular formula is C26H42O3. The number of hydrogen-bond donors (Lipinski definition) is 1. The number of carbonyl (C=O) groups is 2.